The average Bonchev–Trinajstić information content (AvgIpc) is 2.74. The molecule has 0 unspecified atom stereocenters. The molecule has 0 fully saturated rings. The van der Waals surface area contributed by atoms with Gasteiger partial charge in [0.05, 0.1) is 13.2 Å². The van der Waals surface area contributed by atoms with Gasteiger partial charge < -0.3 is 18.9 Å². The lowest BCUT2D eigenvalue weighted by Gasteiger charge is -2.36. The Morgan fingerprint density at radius 3 is 2.26 bits per heavy atom. The molecule has 0 saturated heterocycles. The number of phenolic OH excluding ortho intramolecular Hbond substituents is 1. The van der Waals surface area contributed by atoms with E-state index >= 15 is 0 Å². The zero-order chi connectivity index (χ0) is 22.2. The van der Waals surface area contributed by atoms with Crippen molar-refractivity contribution in [3.8, 4) is 11.5 Å². The molecule has 8 heteroatoms. The highest BCUT2D eigenvalue weighted by molar-refractivity contribution is 9.10. The zero-order valence-electron chi connectivity index (χ0n) is 17.1. The van der Waals surface area contributed by atoms with Crippen molar-refractivity contribution in [1.82, 2.24) is 0 Å². The second kappa shape index (κ2) is 8.75. The van der Waals surface area contributed by atoms with Gasteiger partial charge in [-0.05, 0) is 36.9 Å². The number of hydrogen-bond acceptors (Lipinski definition) is 6. The van der Waals surface area contributed by atoms with Crippen LogP contribution in [0.15, 0.2) is 59.1 Å². The fourth-order valence-corrected chi connectivity index (χ4v) is 6.49. The first kappa shape index (κ1) is 22.0. The molecule has 3 aromatic carbocycles. The SMILES string of the molecule is CCOP(=O)(OCC)[C@H]1C(=O)Oc2cc(O)c3ccccc3c2[C@@H]1c1ccc(Br)cc1. The maximum atomic E-state index is 13.8. The number of hydrogen-bond donors (Lipinski definition) is 1. The highest BCUT2D eigenvalue weighted by atomic mass is 79.9. The molecular formula is C23H22BrO6P. The van der Waals surface area contributed by atoms with Crippen molar-refractivity contribution in [2.75, 3.05) is 13.2 Å². The first-order chi connectivity index (χ1) is 14.9. The Kier molecular flexibility index (Phi) is 6.22. The zero-order valence-corrected chi connectivity index (χ0v) is 19.6. The van der Waals surface area contributed by atoms with Crippen LogP contribution >= 0.6 is 23.5 Å². The highest BCUT2D eigenvalue weighted by Crippen LogP contribution is 2.62. The topological polar surface area (TPSA) is 82.1 Å². The minimum atomic E-state index is -3.88. The van der Waals surface area contributed by atoms with E-state index in [1.54, 1.807) is 19.9 Å². The Bertz CT molecular complexity index is 1170. The number of esters is 1. The fourth-order valence-electron chi connectivity index (χ4n) is 4.11. The minimum Gasteiger partial charge on any atom is -0.507 e. The predicted octanol–water partition coefficient (Wildman–Crippen LogP) is 5.99. The molecule has 0 aliphatic carbocycles. The molecule has 6 nitrogen and oxygen atoms in total. The number of carbonyl (C=O) groups excluding carboxylic acids is 1. The van der Waals surface area contributed by atoms with Crippen molar-refractivity contribution in [2.45, 2.75) is 25.4 Å². The summed E-state index contributed by atoms with van der Waals surface area (Å²) in [6.45, 7) is 3.65. The van der Waals surface area contributed by atoms with Crippen molar-refractivity contribution >= 4 is 40.3 Å². The van der Waals surface area contributed by atoms with E-state index in [0.29, 0.717) is 16.3 Å². The van der Waals surface area contributed by atoms with Gasteiger partial charge in [0.2, 0.25) is 0 Å². The van der Waals surface area contributed by atoms with Gasteiger partial charge in [-0.3, -0.25) is 9.36 Å². The molecule has 0 bridgehead atoms. The van der Waals surface area contributed by atoms with Crippen LogP contribution < -0.4 is 4.74 Å². The lowest BCUT2D eigenvalue weighted by Crippen LogP contribution is -2.38. The van der Waals surface area contributed by atoms with Gasteiger partial charge in [-0.2, -0.15) is 0 Å². The van der Waals surface area contributed by atoms with E-state index in [2.05, 4.69) is 15.9 Å². The van der Waals surface area contributed by atoms with Crippen LogP contribution in [0, 0.1) is 0 Å². The lowest BCUT2D eigenvalue weighted by atomic mass is 9.83. The van der Waals surface area contributed by atoms with E-state index in [-0.39, 0.29) is 24.7 Å². The summed E-state index contributed by atoms with van der Waals surface area (Å²) in [5.41, 5.74) is 0.246. The van der Waals surface area contributed by atoms with Gasteiger partial charge in [0.1, 0.15) is 11.5 Å². The number of fused-ring (bicyclic) bond motifs is 3. The Labute approximate surface area is 188 Å². The molecule has 0 saturated carbocycles. The lowest BCUT2D eigenvalue weighted by molar-refractivity contribution is -0.135. The molecule has 31 heavy (non-hydrogen) atoms. The van der Waals surface area contributed by atoms with E-state index in [4.69, 9.17) is 13.8 Å². The van der Waals surface area contributed by atoms with E-state index < -0.39 is 25.1 Å². The molecule has 1 N–H and O–H groups in total. The summed E-state index contributed by atoms with van der Waals surface area (Å²) in [7, 11) is -3.88. The standard InChI is InChI=1S/C23H22BrO6P/c1-3-28-31(27,29-4-2)22-20(14-9-11-15(24)12-10-14)21-17-8-6-5-7-16(17)18(25)13-19(21)30-23(22)26/h5-13,20,22,25H,3-4H2,1-2H3/t20-,22+/m0/s1. The molecule has 0 aromatic heterocycles. The van der Waals surface area contributed by atoms with Crippen LogP contribution in [0.3, 0.4) is 0 Å². The van der Waals surface area contributed by atoms with Gasteiger partial charge in [-0.25, -0.2) is 0 Å². The van der Waals surface area contributed by atoms with Gasteiger partial charge in [-0.1, -0.05) is 52.3 Å². The summed E-state index contributed by atoms with van der Waals surface area (Å²) in [4.78, 5) is 13.2. The van der Waals surface area contributed by atoms with Crippen LogP contribution in [0.1, 0.15) is 30.9 Å². The monoisotopic (exact) mass is 504 g/mol. The Balaban J connectivity index is 2.04. The number of ether oxygens (including phenoxy) is 1. The summed E-state index contributed by atoms with van der Waals surface area (Å²) in [5, 5.41) is 11.8. The molecule has 1 aliphatic heterocycles. The van der Waals surface area contributed by atoms with E-state index in [1.165, 1.54) is 6.07 Å². The third-order valence-electron chi connectivity index (χ3n) is 5.29. The van der Waals surface area contributed by atoms with Crippen molar-refractivity contribution < 1.29 is 28.3 Å². The van der Waals surface area contributed by atoms with E-state index in [9.17, 15) is 14.5 Å². The minimum absolute atomic E-state index is 0.00737. The van der Waals surface area contributed by atoms with Crippen LogP contribution in [-0.4, -0.2) is 29.9 Å². The molecule has 0 radical (unpaired) electrons. The number of rotatable bonds is 6. The largest absolute Gasteiger partial charge is 0.507 e. The maximum absolute atomic E-state index is 13.8. The Morgan fingerprint density at radius 2 is 1.65 bits per heavy atom. The third kappa shape index (κ3) is 3.92. The predicted molar refractivity (Wildman–Crippen MR) is 122 cm³/mol. The van der Waals surface area contributed by atoms with Crippen LogP contribution in [-0.2, 0) is 18.4 Å². The van der Waals surface area contributed by atoms with Crippen molar-refractivity contribution in [3.63, 3.8) is 0 Å². The van der Waals surface area contributed by atoms with Crippen LogP contribution in [0.25, 0.3) is 10.8 Å². The van der Waals surface area contributed by atoms with Crippen LogP contribution in [0.2, 0.25) is 0 Å². The second-order valence-electron chi connectivity index (χ2n) is 7.12. The van der Waals surface area contributed by atoms with Gasteiger partial charge in [0, 0.05) is 27.4 Å². The van der Waals surface area contributed by atoms with Crippen molar-refractivity contribution in [1.29, 1.82) is 0 Å². The molecule has 162 valence electrons. The first-order valence-electron chi connectivity index (χ1n) is 10.00. The summed E-state index contributed by atoms with van der Waals surface area (Å²) in [6, 6.07) is 16.2. The molecule has 0 spiro atoms. The maximum Gasteiger partial charge on any atom is 0.345 e. The number of phenols is 1. The summed E-state index contributed by atoms with van der Waals surface area (Å²) in [6.07, 6.45) is 0. The summed E-state index contributed by atoms with van der Waals surface area (Å²) >= 11 is 3.44. The van der Waals surface area contributed by atoms with E-state index in [1.807, 2.05) is 42.5 Å². The third-order valence-corrected chi connectivity index (χ3v) is 8.25. The van der Waals surface area contributed by atoms with Crippen LogP contribution in [0.4, 0.5) is 0 Å². The summed E-state index contributed by atoms with van der Waals surface area (Å²) < 4.78 is 31.5. The highest BCUT2D eigenvalue weighted by Gasteiger charge is 2.52. The van der Waals surface area contributed by atoms with Crippen molar-refractivity contribution in [3.05, 3.63) is 70.2 Å². The Morgan fingerprint density at radius 1 is 1.03 bits per heavy atom. The molecule has 1 aliphatic rings. The molecule has 1 heterocycles. The fraction of sp³-hybridized carbons (Fsp3) is 0.261. The number of aromatic hydroxyl groups is 1. The van der Waals surface area contributed by atoms with Gasteiger partial charge in [-0.15, -0.1) is 0 Å². The Hall–Kier alpha value is -2.18. The average molecular weight is 505 g/mol. The molecule has 2 atom stereocenters. The van der Waals surface area contributed by atoms with Gasteiger partial charge in [0.15, 0.2) is 5.66 Å². The normalized spacial score (nSPS) is 18.6. The van der Waals surface area contributed by atoms with Crippen LogP contribution in [0.5, 0.6) is 11.5 Å². The number of carbonyl (C=O) groups is 1. The second-order valence-corrected chi connectivity index (χ2v) is 10.2. The smallest absolute Gasteiger partial charge is 0.345 e. The van der Waals surface area contributed by atoms with E-state index in [0.717, 1.165) is 10.0 Å². The van der Waals surface area contributed by atoms with Gasteiger partial charge in [0.25, 0.3) is 0 Å². The van der Waals surface area contributed by atoms with Crippen molar-refractivity contribution in [2.24, 2.45) is 0 Å². The molecule has 3 aromatic rings. The van der Waals surface area contributed by atoms with Gasteiger partial charge >= 0.3 is 13.6 Å². The molecule has 4 rings (SSSR count). The first-order valence-corrected chi connectivity index (χ1v) is 12.4. The number of halogens is 1. The quantitative estimate of drug-likeness (QED) is 0.252. The number of benzene rings is 3. The summed E-state index contributed by atoms with van der Waals surface area (Å²) in [5.74, 6) is -1.11. The molecule has 0 amide bonds. The molecular weight excluding hydrogens is 483 g/mol.